The van der Waals surface area contributed by atoms with Gasteiger partial charge in [-0.15, -0.1) is 6.58 Å². The molecule has 3 aliphatic rings. The van der Waals surface area contributed by atoms with Gasteiger partial charge in [-0.2, -0.15) is 0 Å². The Morgan fingerprint density at radius 2 is 1.73 bits per heavy atom. The normalized spacial score (nSPS) is 23.4. The van der Waals surface area contributed by atoms with Crippen LogP contribution in [0, 0.1) is 17.3 Å². The molecule has 6 atom stereocenters. The van der Waals surface area contributed by atoms with Crippen LogP contribution in [0.5, 0.6) is 11.5 Å². The fraction of sp³-hybridized carbons (Fsp3) is 0.488. The number of carboxylic acid groups (broad SMARTS) is 1. The largest absolute Gasteiger partial charge is 0.497 e. The number of carboxylic acids is 1. The summed E-state index contributed by atoms with van der Waals surface area (Å²) < 4.78 is 12.2. The summed E-state index contributed by atoms with van der Waals surface area (Å²) in [5, 5.41) is 19.4. The quantitative estimate of drug-likeness (QED) is 0.174. The molecule has 0 spiro atoms. The minimum absolute atomic E-state index is 0.0251. The first kappa shape index (κ1) is 40.2. The van der Waals surface area contributed by atoms with Gasteiger partial charge in [0, 0.05) is 42.3 Å². The van der Waals surface area contributed by atoms with Gasteiger partial charge in [-0.1, -0.05) is 76.4 Å². The van der Waals surface area contributed by atoms with Gasteiger partial charge >= 0.3 is 5.97 Å². The van der Waals surface area contributed by atoms with Gasteiger partial charge in [-0.3, -0.25) is 19.2 Å². The Bertz CT molecular complexity index is 1990. The summed E-state index contributed by atoms with van der Waals surface area (Å²) >= 11 is 0. The highest BCUT2D eigenvalue weighted by Crippen LogP contribution is 2.45. The number of aromatic nitrogens is 1. The molecule has 3 fully saturated rings. The lowest BCUT2D eigenvalue weighted by Gasteiger charge is -2.37. The highest BCUT2D eigenvalue weighted by atomic mass is 16.5. The number of carbonyl (C=O) groups is 5. The van der Waals surface area contributed by atoms with E-state index in [-0.39, 0.29) is 31.2 Å². The molecule has 13 nitrogen and oxygen atoms in total. The van der Waals surface area contributed by atoms with E-state index in [1.807, 2.05) is 69.3 Å². The third-order valence-corrected chi connectivity index (χ3v) is 11.4. The fourth-order valence-electron chi connectivity index (χ4n) is 8.16. The van der Waals surface area contributed by atoms with Gasteiger partial charge < -0.3 is 35.4 Å². The zero-order chi connectivity index (χ0) is 40.4. The monoisotopic (exact) mass is 767 g/mol. The molecule has 1 aromatic heterocycles. The molecule has 6 rings (SSSR count). The highest BCUT2D eigenvalue weighted by Gasteiger charge is 2.61. The average molecular weight is 768 g/mol. The molecule has 13 heteroatoms. The number of likely N-dealkylation sites (tertiary alicyclic amines) is 1. The second kappa shape index (κ2) is 16.3. The number of benzene rings is 2. The van der Waals surface area contributed by atoms with Crippen LogP contribution < -0.4 is 25.4 Å². The van der Waals surface area contributed by atoms with Crippen molar-refractivity contribution in [3.63, 3.8) is 0 Å². The van der Waals surface area contributed by atoms with E-state index < -0.39 is 64.8 Å². The average Bonchev–Trinajstić information content (AvgIpc) is 3.74. The molecular weight excluding hydrogens is 714 g/mol. The van der Waals surface area contributed by atoms with Crippen molar-refractivity contribution in [1.82, 2.24) is 25.8 Å². The number of pyridine rings is 1. The molecular formula is C43H53N5O8. The van der Waals surface area contributed by atoms with Crippen molar-refractivity contribution < 1.29 is 38.6 Å². The van der Waals surface area contributed by atoms with E-state index >= 15 is 0 Å². The molecule has 1 saturated heterocycles. The molecule has 0 radical (unpaired) electrons. The molecule has 3 aromatic rings. The zero-order valence-electron chi connectivity index (χ0n) is 32.8. The number of nitrogens with zero attached hydrogens (tertiary/aromatic N) is 2. The Kier molecular flexibility index (Phi) is 11.7. The lowest BCUT2D eigenvalue weighted by molar-refractivity contribution is -0.147. The van der Waals surface area contributed by atoms with E-state index in [2.05, 4.69) is 22.5 Å². The van der Waals surface area contributed by atoms with Crippen molar-refractivity contribution in [3.8, 4) is 22.8 Å². The smallest absolute Gasteiger partial charge is 0.330 e. The van der Waals surface area contributed by atoms with Crippen LogP contribution in [0.3, 0.4) is 0 Å². The standard InChI is InChI=1S/C43H53N5O8/c1-7-28-23-43(28,41(53)54)47-38(50)34-21-30(56-35-22-32(26-14-10-8-11-15-26)45-33-20-29(55-6)18-19-31(33)35)24-48(34)40(52)37(42(3,4)5)46-39(51)36(44-25(2)49)27-16-12-9-13-17-27/h7-8,10-11,14-15,18-20,22,27-28,30,34,36-37H,1,9,12-13,16-17,21,23-24H2,2-6H3,(H,44,49)(H,46,51)(H,47,50)(H,53,54)/t28-,30-,34+,36+,37-,43-/m1/s1. The van der Waals surface area contributed by atoms with Crippen LogP contribution in [-0.2, 0) is 24.0 Å². The van der Waals surface area contributed by atoms with E-state index in [0.29, 0.717) is 28.1 Å². The molecule has 4 amide bonds. The van der Waals surface area contributed by atoms with Crippen LogP contribution in [0.4, 0.5) is 0 Å². The summed E-state index contributed by atoms with van der Waals surface area (Å²) in [6.45, 7) is 10.6. The zero-order valence-corrected chi connectivity index (χ0v) is 32.8. The molecule has 2 aliphatic carbocycles. The van der Waals surface area contributed by atoms with Gasteiger partial charge in [0.15, 0.2) is 0 Å². The second-order valence-corrected chi connectivity index (χ2v) is 16.4. The fourth-order valence-corrected chi connectivity index (χ4v) is 8.16. The molecule has 2 heterocycles. The van der Waals surface area contributed by atoms with Crippen LogP contribution in [0.1, 0.15) is 72.6 Å². The number of aliphatic carboxylic acids is 1. The van der Waals surface area contributed by atoms with Gasteiger partial charge in [-0.05, 0) is 42.7 Å². The van der Waals surface area contributed by atoms with Crippen molar-refractivity contribution in [2.24, 2.45) is 17.3 Å². The molecule has 1 aliphatic heterocycles. The van der Waals surface area contributed by atoms with Crippen LogP contribution in [0.2, 0.25) is 0 Å². The Hall–Kier alpha value is -5.46. The van der Waals surface area contributed by atoms with Crippen molar-refractivity contribution in [1.29, 1.82) is 0 Å². The molecule has 56 heavy (non-hydrogen) atoms. The number of hydrogen-bond donors (Lipinski definition) is 4. The summed E-state index contributed by atoms with van der Waals surface area (Å²) in [6, 6.07) is 13.9. The first-order valence-electron chi connectivity index (χ1n) is 19.4. The van der Waals surface area contributed by atoms with Gasteiger partial charge in [0.25, 0.3) is 0 Å². The molecule has 298 valence electrons. The van der Waals surface area contributed by atoms with Crippen molar-refractivity contribution in [2.45, 2.75) is 102 Å². The number of ether oxygens (including phenoxy) is 2. The third-order valence-electron chi connectivity index (χ3n) is 11.4. The summed E-state index contributed by atoms with van der Waals surface area (Å²) in [4.78, 5) is 74.1. The van der Waals surface area contributed by atoms with Crippen LogP contribution >= 0.6 is 0 Å². The third kappa shape index (κ3) is 8.51. The maximum atomic E-state index is 14.9. The summed E-state index contributed by atoms with van der Waals surface area (Å²) in [5.41, 5.74) is -0.220. The van der Waals surface area contributed by atoms with Crippen molar-refractivity contribution >= 4 is 40.5 Å². The Morgan fingerprint density at radius 1 is 1.02 bits per heavy atom. The predicted molar refractivity (Wildman–Crippen MR) is 211 cm³/mol. The molecule has 0 unspecified atom stereocenters. The van der Waals surface area contributed by atoms with E-state index in [1.54, 1.807) is 13.2 Å². The van der Waals surface area contributed by atoms with Crippen LogP contribution in [0.15, 0.2) is 67.3 Å². The first-order valence-corrected chi connectivity index (χ1v) is 19.4. The maximum Gasteiger partial charge on any atom is 0.330 e. The molecule has 4 N–H and O–H groups in total. The first-order chi connectivity index (χ1) is 26.6. The maximum absolute atomic E-state index is 14.9. The lowest BCUT2D eigenvalue weighted by atomic mass is 9.82. The van der Waals surface area contributed by atoms with E-state index in [1.165, 1.54) is 17.9 Å². The summed E-state index contributed by atoms with van der Waals surface area (Å²) in [5.74, 6) is -2.59. The molecule has 0 bridgehead atoms. The molecule has 2 saturated carbocycles. The van der Waals surface area contributed by atoms with Gasteiger partial charge in [0.1, 0.15) is 41.3 Å². The molecule has 2 aromatic carbocycles. The van der Waals surface area contributed by atoms with Crippen LogP contribution in [0.25, 0.3) is 22.2 Å². The second-order valence-electron chi connectivity index (χ2n) is 16.4. The lowest BCUT2D eigenvalue weighted by Crippen LogP contribution is -2.62. The number of rotatable bonds is 13. The van der Waals surface area contributed by atoms with Gasteiger partial charge in [0.2, 0.25) is 23.6 Å². The number of fused-ring (bicyclic) bond motifs is 1. The Morgan fingerprint density at radius 3 is 2.34 bits per heavy atom. The highest BCUT2D eigenvalue weighted by molar-refractivity contribution is 5.97. The minimum atomic E-state index is -1.53. The minimum Gasteiger partial charge on any atom is -0.497 e. The number of carbonyl (C=O) groups excluding carboxylic acids is 4. The van der Waals surface area contributed by atoms with Crippen molar-refractivity contribution in [2.75, 3.05) is 13.7 Å². The van der Waals surface area contributed by atoms with Crippen LogP contribution in [-0.4, -0.2) is 88.0 Å². The number of amides is 4. The number of methoxy groups -OCH3 is 1. The van der Waals surface area contributed by atoms with Crippen molar-refractivity contribution in [3.05, 3.63) is 67.3 Å². The summed E-state index contributed by atoms with van der Waals surface area (Å²) in [6.07, 6.45) is 5.54. The number of hydrogen-bond acceptors (Lipinski definition) is 8. The Labute approximate surface area is 327 Å². The van der Waals surface area contributed by atoms with Gasteiger partial charge in [-0.25, -0.2) is 9.78 Å². The predicted octanol–water partition coefficient (Wildman–Crippen LogP) is 5.02. The van der Waals surface area contributed by atoms with E-state index in [9.17, 15) is 29.1 Å². The summed E-state index contributed by atoms with van der Waals surface area (Å²) in [7, 11) is 1.57. The van der Waals surface area contributed by atoms with E-state index in [4.69, 9.17) is 14.5 Å². The van der Waals surface area contributed by atoms with Gasteiger partial charge in [0.05, 0.1) is 24.9 Å². The SMILES string of the molecule is C=C[C@@H]1C[C@]1(NC(=O)[C@@H]1C[C@@H](Oc2cc(-c3ccccc3)nc3cc(OC)ccc23)CN1C(=O)[C@@H](NC(=O)[C@@H](NC(C)=O)C1CCCCC1)C(C)(C)C)C(=O)O. The van der Waals surface area contributed by atoms with E-state index in [0.717, 1.165) is 37.7 Å². The Balaban J connectivity index is 1.34. The number of nitrogens with one attached hydrogen (secondary N) is 3. The topological polar surface area (TPSA) is 176 Å².